The Morgan fingerprint density at radius 3 is 2.54 bits per heavy atom. The minimum absolute atomic E-state index is 0. The van der Waals surface area contributed by atoms with Crippen molar-refractivity contribution in [3.05, 3.63) is 35.4 Å². The second-order valence-corrected chi connectivity index (χ2v) is 7.57. The molecule has 1 aliphatic heterocycles. The first kappa shape index (κ1) is 22.7. The maximum Gasteiger partial charge on any atom is 0.405 e. The highest BCUT2D eigenvalue weighted by Gasteiger charge is 2.44. The predicted molar refractivity (Wildman–Crippen MR) is 93.3 cm³/mol. The average Bonchev–Trinajstić information content (AvgIpc) is 2.54. The van der Waals surface area contributed by atoms with Crippen LogP contribution in [0.4, 0.5) is 13.2 Å². The summed E-state index contributed by atoms with van der Waals surface area (Å²) in [5, 5.41) is 11.8. The second kappa shape index (κ2) is 9.53. The van der Waals surface area contributed by atoms with Gasteiger partial charge in [0.25, 0.3) is 0 Å². The van der Waals surface area contributed by atoms with Gasteiger partial charge in [-0.05, 0) is 17.7 Å². The molecule has 1 saturated heterocycles. The first-order chi connectivity index (χ1) is 11.7. The van der Waals surface area contributed by atoms with Crippen molar-refractivity contribution >= 4 is 22.4 Å². The van der Waals surface area contributed by atoms with E-state index in [4.69, 9.17) is 5.26 Å². The summed E-state index contributed by atoms with van der Waals surface area (Å²) in [6.45, 7) is 0.538. The zero-order valence-electron chi connectivity index (χ0n) is 13.8. The first-order valence-electron chi connectivity index (χ1n) is 7.69. The maximum absolute atomic E-state index is 13.3. The molecule has 1 atom stereocenters. The van der Waals surface area contributed by atoms with Gasteiger partial charge in [0.15, 0.2) is 0 Å². The van der Waals surface area contributed by atoms with Gasteiger partial charge in [-0.2, -0.15) is 18.4 Å². The van der Waals surface area contributed by atoms with Crippen LogP contribution in [0.1, 0.15) is 11.1 Å². The lowest BCUT2D eigenvalue weighted by atomic mass is 10.2. The molecule has 0 spiro atoms. The van der Waals surface area contributed by atoms with Crippen molar-refractivity contribution in [3.63, 3.8) is 0 Å². The fourth-order valence-corrected chi connectivity index (χ4v) is 3.78. The Kier molecular flexibility index (Phi) is 8.30. The standard InChI is InChI=1S/C15H19F3N4O2S.ClH/c16-15(17,18)14(22-6-4-20-5-7-22)10-21-25(23,24)11-13-3-1-2-12(8-13)9-19;/h1-3,8,14,20-21H,4-7,10-11H2;1H. The van der Waals surface area contributed by atoms with Crippen LogP contribution in [0.15, 0.2) is 24.3 Å². The van der Waals surface area contributed by atoms with Crippen molar-refractivity contribution in [3.8, 4) is 6.07 Å². The van der Waals surface area contributed by atoms with E-state index in [0.717, 1.165) is 0 Å². The predicted octanol–water partition coefficient (Wildman–Crippen LogP) is 1.24. The minimum Gasteiger partial charge on any atom is -0.314 e. The summed E-state index contributed by atoms with van der Waals surface area (Å²) in [5.41, 5.74) is 0.638. The van der Waals surface area contributed by atoms with Gasteiger partial charge >= 0.3 is 6.18 Å². The first-order valence-corrected chi connectivity index (χ1v) is 9.34. The number of alkyl halides is 3. The molecule has 1 aliphatic rings. The van der Waals surface area contributed by atoms with Gasteiger partial charge in [-0.1, -0.05) is 12.1 Å². The lowest BCUT2D eigenvalue weighted by Crippen LogP contribution is -2.57. The Hall–Kier alpha value is -1.38. The molecule has 1 heterocycles. The molecule has 0 aliphatic carbocycles. The van der Waals surface area contributed by atoms with E-state index in [-0.39, 0.29) is 25.5 Å². The summed E-state index contributed by atoms with van der Waals surface area (Å²) < 4.78 is 66.1. The molecule has 0 saturated carbocycles. The molecule has 0 amide bonds. The molecule has 146 valence electrons. The zero-order chi connectivity index (χ0) is 18.5. The largest absolute Gasteiger partial charge is 0.405 e. The van der Waals surface area contributed by atoms with E-state index >= 15 is 0 Å². The Morgan fingerprint density at radius 2 is 1.96 bits per heavy atom. The Morgan fingerprint density at radius 1 is 1.31 bits per heavy atom. The van der Waals surface area contributed by atoms with E-state index in [9.17, 15) is 21.6 Å². The highest BCUT2D eigenvalue weighted by molar-refractivity contribution is 7.88. The van der Waals surface area contributed by atoms with E-state index < -0.39 is 34.5 Å². The topological polar surface area (TPSA) is 85.2 Å². The van der Waals surface area contributed by atoms with E-state index in [0.29, 0.717) is 24.2 Å². The third kappa shape index (κ3) is 6.74. The van der Waals surface area contributed by atoms with Crippen molar-refractivity contribution in [2.75, 3.05) is 32.7 Å². The summed E-state index contributed by atoms with van der Waals surface area (Å²) in [4.78, 5) is 1.23. The van der Waals surface area contributed by atoms with E-state index in [1.165, 1.54) is 29.2 Å². The van der Waals surface area contributed by atoms with Crippen molar-refractivity contribution in [1.82, 2.24) is 14.9 Å². The van der Waals surface area contributed by atoms with Crippen molar-refractivity contribution in [2.45, 2.75) is 18.0 Å². The monoisotopic (exact) mass is 412 g/mol. The van der Waals surface area contributed by atoms with Gasteiger partial charge in [0, 0.05) is 32.7 Å². The van der Waals surface area contributed by atoms with Crippen LogP contribution in [0.2, 0.25) is 0 Å². The van der Waals surface area contributed by atoms with Gasteiger partial charge in [-0.25, -0.2) is 13.1 Å². The van der Waals surface area contributed by atoms with Gasteiger partial charge in [0.2, 0.25) is 10.0 Å². The number of hydrogen-bond donors (Lipinski definition) is 2. The third-order valence-corrected chi connectivity index (χ3v) is 5.20. The quantitative estimate of drug-likeness (QED) is 0.734. The van der Waals surface area contributed by atoms with Gasteiger partial charge in [-0.15, -0.1) is 12.4 Å². The molecular weight excluding hydrogens is 393 g/mol. The van der Waals surface area contributed by atoms with Crippen LogP contribution < -0.4 is 10.0 Å². The molecule has 26 heavy (non-hydrogen) atoms. The summed E-state index contributed by atoms with van der Waals surface area (Å²) in [7, 11) is -3.96. The molecule has 6 nitrogen and oxygen atoms in total. The Labute approximate surface area is 156 Å². The van der Waals surface area contributed by atoms with Gasteiger partial charge in [0.1, 0.15) is 6.04 Å². The molecule has 1 unspecified atom stereocenters. The highest BCUT2D eigenvalue weighted by Crippen LogP contribution is 2.25. The van der Waals surface area contributed by atoms with Crippen LogP contribution in [0.5, 0.6) is 0 Å². The van der Waals surface area contributed by atoms with Crippen LogP contribution in [0.3, 0.4) is 0 Å². The van der Waals surface area contributed by atoms with Crippen molar-refractivity contribution in [1.29, 1.82) is 5.26 Å². The summed E-state index contributed by atoms with van der Waals surface area (Å²) >= 11 is 0. The fourth-order valence-electron chi connectivity index (χ4n) is 2.65. The van der Waals surface area contributed by atoms with Gasteiger partial charge in [-0.3, -0.25) is 4.90 Å². The number of nitrogens with one attached hydrogen (secondary N) is 2. The molecule has 2 N–H and O–H groups in total. The maximum atomic E-state index is 13.3. The van der Waals surface area contributed by atoms with Crippen LogP contribution in [-0.2, 0) is 15.8 Å². The van der Waals surface area contributed by atoms with E-state index in [2.05, 4.69) is 10.0 Å². The fraction of sp³-hybridized carbons (Fsp3) is 0.533. The molecule has 0 bridgehead atoms. The average molecular weight is 413 g/mol. The smallest absolute Gasteiger partial charge is 0.314 e. The number of hydrogen-bond acceptors (Lipinski definition) is 5. The third-order valence-electron chi connectivity index (χ3n) is 3.88. The number of sulfonamides is 1. The van der Waals surface area contributed by atoms with Crippen molar-refractivity contribution < 1.29 is 21.6 Å². The lowest BCUT2D eigenvalue weighted by Gasteiger charge is -2.35. The molecule has 1 aromatic rings. The lowest BCUT2D eigenvalue weighted by molar-refractivity contribution is -0.182. The number of piperazine rings is 1. The molecule has 1 aromatic carbocycles. The van der Waals surface area contributed by atoms with Gasteiger partial charge in [0.05, 0.1) is 17.4 Å². The normalized spacial score (nSPS) is 17.2. The molecule has 0 radical (unpaired) electrons. The van der Waals surface area contributed by atoms with Crippen LogP contribution >= 0.6 is 12.4 Å². The minimum atomic E-state index is -4.53. The van der Waals surface area contributed by atoms with Gasteiger partial charge < -0.3 is 5.32 Å². The molecule has 2 rings (SSSR count). The zero-order valence-corrected chi connectivity index (χ0v) is 15.4. The van der Waals surface area contributed by atoms with Crippen LogP contribution in [0.25, 0.3) is 0 Å². The number of rotatable bonds is 6. The Balaban J connectivity index is 0.00000338. The second-order valence-electron chi connectivity index (χ2n) is 5.76. The van der Waals surface area contributed by atoms with Crippen LogP contribution in [-0.4, -0.2) is 58.3 Å². The molecule has 1 fully saturated rings. The highest BCUT2D eigenvalue weighted by atomic mass is 35.5. The SMILES string of the molecule is Cl.N#Cc1cccc(CS(=O)(=O)NCC(N2CCNCC2)C(F)(F)F)c1. The molecule has 0 aromatic heterocycles. The van der Waals surface area contributed by atoms with Crippen molar-refractivity contribution in [2.24, 2.45) is 0 Å². The number of nitriles is 1. The molecule has 11 heteroatoms. The summed E-state index contributed by atoms with van der Waals surface area (Å²) in [6.07, 6.45) is -4.53. The number of benzene rings is 1. The Bertz CT molecular complexity index is 731. The summed E-state index contributed by atoms with van der Waals surface area (Å²) in [6, 6.07) is 5.99. The number of halogens is 4. The molecular formula is C15H20ClF3N4O2S. The van der Waals surface area contributed by atoms with Crippen LogP contribution in [0, 0.1) is 11.3 Å². The van der Waals surface area contributed by atoms with E-state index in [1.54, 1.807) is 0 Å². The summed E-state index contributed by atoms with van der Waals surface area (Å²) in [5.74, 6) is -0.478. The number of nitrogens with zero attached hydrogens (tertiary/aromatic N) is 2. The van der Waals surface area contributed by atoms with E-state index in [1.807, 2.05) is 6.07 Å².